The number of nitrogens with zero attached hydrogens (tertiary/aromatic N) is 1. The lowest BCUT2D eigenvalue weighted by molar-refractivity contribution is -0.200. The third kappa shape index (κ3) is 2.98. The van der Waals surface area contributed by atoms with E-state index in [1.807, 2.05) is 0 Å². The molecule has 0 aromatic heterocycles. The second kappa shape index (κ2) is 8.24. The molecule has 0 spiro atoms. The van der Waals surface area contributed by atoms with Gasteiger partial charge in [-0.3, -0.25) is 0 Å². The molecule has 0 aromatic carbocycles. The van der Waals surface area contributed by atoms with Crippen molar-refractivity contribution in [2.24, 2.45) is 57.2 Å². The highest BCUT2D eigenvalue weighted by molar-refractivity contribution is 5.43. The number of aliphatic imine (C=N–C) groups is 1. The van der Waals surface area contributed by atoms with E-state index in [0.717, 1.165) is 0 Å². The minimum Gasteiger partial charge on any atom is -0.242 e. The summed E-state index contributed by atoms with van der Waals surface area (Å²) >= 11 is 0. The summed E-state index contributed by atoms with van der Waals surface area (Å²) in [4.78, 5) is 4.89. The van der Waals surface area contributed by atoms with E-state index in [2.05, 4.69) is 101 Å². The third-order valence-electron chi connectivity index (χ3n) is 8.06. The average Bonchev–Trinajstić information content (AvgIpc) is 2.52. The van der Waals surface area contributed by atoms with Gasteiger partial charge in [0.25, 0.3) is 0 Å². The van der Waals surface area contributed by atoms with E-state index in [0.29, 0.717) is 41.4 Å². The van der Waals surface area contributed by atoms with Crippen LogP contribution in [0.1, 0.15) is 83.1 Å². The van der Waals surface area contributed by atoms with Crippen LogP contribution in [0.4, 0.5) is 0 Å². The lowest BCUT2D eigenvalue weighted by Crippen LogP contribution is -2.71. The minimum atomic E-state index is -0.406. The van der Waals surface area contributed by atoms with Crippen LogP contribution in [0.2, 0.25) is 0 Å². The summed E-state index contributed by atoms with van der Waals surface area (Å²) in [5.74, 6) is 3.27. The van der Waals surface area contributed by atoms with Crippen molar-refractivity contribution in [3.05, 3.63) is 12.2 Å². The first-order valence-electron chi connectivity index (χ1n) is 11.1. The molecule has 1 aliphatic carbocycles. The Morgan fingerprint density at radius 1 is 0.741 bits per heavy atom. The van der Waals surface area contributed by atoms with Gasteiger partial charge in [0, 0.05) is 5.41 Å². The van der Waals surface area contributed by atoms with E-state index in [4.69, 9.17) is 10.4 Å². The smallest absolute Gasteiger partial charge is 0.0986 e. The molecule has 0 radical (unpaired) electrons. The summed E-state index contributed by atoms with van der Waals surface area (Å²) in [6.07, 6.45) is 4.85. The SMILES string of the molecule is CC(C)C1C=CC(N=C=N)(C(C)C)C(C(C)C)(C(C)C)C1(C(C)C)C(C)C. The molecule has 156 valence electrons. The maximum atomic E-state index is 7.84. The van der Waals surface area contributed by atoms with Crippen molar-refractivity contribution in [2.75, 3.05) is 0 Å². The molecule has 0 aromatic rings. The van der Waals surface area contributed by atoms with Gasteiger partial charge >= 0.3 is 0 Å². The first-order valence-corrected chi connectivity index (χ1v) is 11.1. The predicted molar refractivity (Wildman–Crippen MR) is 119 cm³/mol. The molecule has 0 heterocycles. The summed E-state index contributed by atoms with van der Waals surface area (Å²) in [5.41, 5.74) is -0.381. The summed E-state index contributed by atoms with van der Waals surface area (Å²) < 4.78 is 0. The molecular formula is C25H46N2. The number of hydrogen-bond acceptors (Lipinski definition) is 2. The van der Waals surface area contributed by atoms with Crippen molar-refractivity contribution >= 4 is 6.01 Å². The molecule has 1 rings (SSSR count). The Morgan fingerprint density at radius 3 is 1.44 bits per heavy atom. The molecule has 1 aliphatic rings. The first-order chi connectivity index (χ1) is 12.3. The second-order valence-corrected chi connectivity index (χ2v) is 10.8. The van der Waals surface area contributed by atoms with Gasteiger partial charge in [0.2, 0.25) is 0 Å². The standard InChI is InChI=1S/C25H46N2/c1-16(2)22-13-14-23(17(3)4,27-15-26)25(20(9)10,21(11)12)24(22,18(5)6)19(7)8/h13-14,16-22,26H,1-12H3. The minimum absolute atomic E-state index is 0.0613. The van der Waals surface area contributed by atoms with Gasteiger partial charge in [-0.15, -0.1) is 0 Å². The number of allylic oxidation sites excluding steroid dienone is 1. The van der Waals surface area contributed by atoms with Crippen molar-refractivity contribution in [3.63, 3.8) is 0 Å². The van der Waals surface area contributed by atoms with Crippen LogP contribution in [0, 0.1) is 57.7 Å². The van der Waals surface area contributed by atoms with Crippen molar-refractivity contribution in [1.82, 2.24) is 0 Å². The van der Waals surface area contributed by atoms with Crippen LogP contribution in [-0.2, 0) is 0 Å². The number of hydrogen-bond donors (Lipinski definition) is 1. The van der Waals surface area contributed by atoms with Crippen molar-refractivity contribution in [2.45, 2.75) is 88.6 Å². The second-order valence-electron chi connectivity index (χ2n) is 10.8. The Bertz CT molecular complexity index is 557. The van der Waals surface area contributed by atoms with Gasteiger partial charge in [-0.1, -0.05) is 95.2 Å². The van der Waals surface area contributed by atoms with Crippen LogP contribution in [-0.4, -0.2) is 11.5 Å². The van der Waals surface area contributed by atoms with E-state index >= 15 is 0 Å². The lowest BCUT2D eigenvalue weighted by atomic mass is 9.33. The monoisotopic (exact) mass is 374 g/mol. The zero-order valence-corrected chi connectivity index (χ0v) is 20.1. The number of nitrogens with one attached hydrogen (secondary N) is 1. The Balaban J connectivity index is 4.32. The summed E-state index contributed by atoms with van der Waals surface area (Å²) in [5, 5.41) is 7.84. The average molecular weight is 375 g/mol. The Kier molecular flexibility index (Phi) is 7.37. The predicted octanol–water partition coefficient (Wildman–Crippen LogP) is 7.57. The van der Waals surface area contributed by atoms with Crippen LogP contribution in [0.25, 0.3) is 0 Å². The van der Waals surface area contributed by atoms with E-state index < -0.39 is 5.54 Å². The van der Waals surface area contributed by atoms with Crippen molar-refractivity contribution in [1.29, 1.82) is 5.41 Å². The van der Waals surface area contributed by atoms with Gasteiger partial charge in [-0.25, -0.2) is 10.4 Å². The van der Waals surface area contributed by atoms with Crippen LogP contribution < -0.4 is 0 Å². The van der Waals surface area contributed by atoms with Crippen LogP contribution >= 0.6 is 0 Å². The molecule has 0 saturated carbocycles. The molecule has 2 unspecified atom stereocenters. The van der Waals surface area contributed by atoms with E-state index in [1.165, 1.54) is 0 Å². The van der Waals surface area contributed by atoms with E-state index in [9.17, 15) is 0 Å². The van der Waals surface area contributed by atoms with Gasteiger partial charge < -0.3 is 0 Å². The lowest BCUT2D eigenvalue weighted by Gasteiger charge is -2.71. The largest absolute Gasteiger partial charge is 0.242 e. The zero-order valence-electron chi connectivity index (χ0n) is 20.1. The van der Waals surface area contributed by atoms with Crippen LogP contribution in [0.15, 0.2) is 17.1 Å². The highest BCUT2D eigenvalue weighted by atomic mass is 15.0. The Labute approximate surface area is 169 Å². The van der Waals surface area contributed by atoms with Gasteiger partial charge in [-0.2, -0.15) is 0 Å². The van der Waals surface area contributed by atoms with Gasteiger partial charge in [0.1, 0.15) is 0 Å². The third-order valence-corrected chi connectivity index (χ3v) is 8.06. The number of rotatable bonds is 7. The molecule has 0 aliphatic heterocycles. The molecule has 1 N–H and O–H groups in total. The van der Waals surface area contributed by atoms with E-state index in [-0.39, 0.29) is 10.8 Å². The van der Waals surface area contributed by atoms with Crippen LogP contribution in [0.5, 0.6) is 0 Å². The maximum Gasteiger partial charge on any atom is 0.0986 e. The molecular weight excluding hydrogens is 328 g/mol. The summed E-state index contributed by atoms with van der Waals surface area (Å²) in [6, 6.07) is 2.51. The zero-order chi connectivity index (χ0) is 21.4. The summed E-state index contributed by atoms with van der Waals surface area (Å²) in [6.45, 7) is 28.6. The molecule has 2 heteroatoms. The fourth-order valence-corrected chi connectivity index (χ4v) is 7.95. The van der Waals surface area contributed by atoms with Gasteiger partial charge in [-0.05, 0) is 46.8 Å². The quantitative estimate of drug-likeness (QED) is 0.352. The van der Waals surface area contributed by atoms with Gasteiger partial charge in [0.15, 0.2) is 0 Å². The first kappa shape index (κ1) is 24.2. The molecule has 0 saturated heterocycles. The Morgan fingerprint density at radius 2 is 1.19 bits per heavy atom. The van der Waals surface area contributed by atoms with Crippen molar-refractivity contribution < 1.29 is 0 Å². The highest BCUT2D eigenvalue weighted by Crippen LogP contribution is 2.72. The molecule has 0 amide bonds. The fraction of sp³-hybridized carbons (Fsp3) is 0.880. The van der Waals surface area contributed by atoms with Gasteiger partial charge in [0.05, 0.1) is 11.5 Å². The molecule has 27 heavy (non-hydrogen) atoms. The molecule has 2 atom stereocenters. The Hall–Kier alpha value is -0.880. The molecule has 0 bridgehead atoms. The molecule has 0 fully saturated rings. The highest BCUT2D eigenvalue weighted by Gasteiger charge is 2.71. The maximum absolute atomic E-state index is 7.84. The fourth-order valence-electron chi connectivity index (χ4n) is 7.95. The molecule has 2 nitrogen and oxygen atoms in total. The van der Waals surface area contributed by atoms with Crippen LogP contribution in [0.3, 0.4) is 0 Å². The summed E-state index contributed by atoms with van der Waals surface area (Å²) in [7, 11) is 0. The topological polar surface area (TPSA) is 36.2 Å². The normalized spacial score (nSPS) is 27.3. The van der Waals surface area contributed by atoms with E-state index in [1.54, 1.807) is 0 Å². The van der Waals surface area contributed by atoms with Crippen molar-refractivity contribution in [3.8, 4) is 0 Å².